The quantitative estimate of drug-likeness (QED) is 0.237. The number of hydrogen-bond acceptors (Lipinski definition) is 3. The third-order valence-electron chi connectivity index (χ3n) is 4.37. The van der Waals surface area contributed by atoms with Gasteiger partial charge < -0.3 is 15.0 Å². The van der Waals surface area contributed by atoms with Gasteiger partial charge in [0.15, 0.2) is 5.96 Å². The van der Waals surface area contributed by atoms with Crippen molar-refractivity contribution in [2.24, 2.45) is 16.8 Å². The Kier molecular flexibility index (Phi) is 8.53. The van der Waals surface area contributed by atoms with E-state index in [4.69, 9.17) is 4.74 Å². The summed E-state index contributed by atoms with van der Waals surface area (Å²) in [6, 6.07) is 0. The van der Waals surface area contributed by atoms with Crippen LogP contribution in [0.1, 0.15) is 46.5 Å². The first-order valence-corrected chi connectivity index (χ1v) is 8.72. The zero-order valence-corrected chi connectivity index (χ0v) is 17.7. The van der Waals surface area contributed by atoms with Gasteiger partial charge in [-0.15, -0.1) is 24.0 Å². The summed E-state index contributed by atoms with van der Waals surface area (Å²) >= 11 is 0. The molecular formula is C18H32IN3O2. The van der Waals surface area contributed by atoms with Crippen LogP contribution in [0.5, 0.6) is 0 Å². The Hall–Kier alpha value is -0.790. The molecule has 1 fully saturated rings. The van der Waals surface area contributed by atoms with E-state index in [1.165, 1.54) is 12.8 Å². The third-order valence-corrected chi connectivity index (χ3v) is 4.37. The van der Waals surface area contributed by atoms with Crippen LogP contribution in [0.15, 0.2) is 17.1 Å². The van der Waals surface area contributed by atoms with E-state index in [-0.39, 0.29) is 35.9 Å². The molecule has 2 rings (SSSR count). The van der Waals surface area contributed by atoms with Gasteiger partial charge in [0.05, 0.1) is 5.92 Å². The molecule has 0 saturated carbocycles. The third kappa shape index (κ3) is 6.61. The number of esters is 1. The predicted molar refractivity (Wildman–Crippen MR) is 109 cm³/mol. The zero-order chi connectivity index (χ0) is 16.9. The molecule has 1 aliphatic heterocycles. The molecule has 138 valence electrons. The molecule has 0 spiro atoms. The zero-order valence-electron chi connectivity index (χ0n) is 15.4. The molecule has 0 amide bonds. The number of guanidine groups is 1. The second kappa shape index (κ2) is 9.63. The average molecular weight is 449 g/mol. The van der Waals surface area contributed by atoms with Crippen LogP contribution in [0.4, 0.5) is 0 Å². The van der Waals surface area contributed by atoms with Crippen LogP contribution in [0.2, 0.25) is 0 Å². The van der Waals surface area contributed by atoms with Gasteiger partial charge in [0.2, 0.25) is 0 Å². The van der Waals surface area contributed by atoms with Crippen molar-refractivity contribution in [3.63, 3.8) is 0 Å². The summed E-state index contributed by atoms with van der Waals surface area (Å²) < 4.78 is 5.51. The van der Waals surface area contributed by atoms with Crippen LogP contribution in [-0.2, 0) is 9.53 Å². The largest absolute Gasteiger partial charge is 0.460 e. The van der Waals surface area contributed by atoms with Crippen LogP contribution < -0.4 is 5.32 Å². The highest BCUT2D eigenvalue weighted by Gasteiger charge is 2.33. The number of nitrogens with one attached hydrogen (secondary N) is 1. The highest BCUT2D eigenvalue weighted by atomic mass is 127. The van der Waals surface area contributed by atoms with E-state index in [0.717, 1.165) is 31.9 Å². The van der Waals surface area contributed by atoms with E-state index in [9.17, 15) is 4.79 Å². The second-order valence-corrected chi connectivity index (χ2v) is 7.54. The van der Waals surface area contributed by atoms with Crippen molar-refractivity contribution in [2.45, 2.75) is 52.1 Å². The minimum Gasteiger partial charge on any atom is -0.460 e. The highest BCUT2D eigenvalue weighted by molar-refractivity contribution is 14.0. The van der Waals surface area contributed by atoms with Gasteiger partial charge in [-0.2, -0.15) is 0 Å². The van der Waals surface area contributed by atoms with Crippen LogP contribution >= 0.6 is 24.0 Å². The maximum atomic E-state index is 12.2. The fourth-order valence-corrected chi connectivity index (χ4v) is 3.14. The summed E-state index contributed by atoms with van der Waals surface area (Å²) in [7, 11) is 1.81. The van der Waals surface area contributed by atoms with Gasteiger partial charge >= 0.3 is 5.97 Å². The lowest BCUT2D eigenvalue weighted by atomic mass is 9.94. The highest BCUT2D eigenvalue weighted by Crippen LogP contribution is 2.21. The molecule has 1 aliphatic carbocycles. The van der Waals surface area contributed by atoms with Crippen molar-refractivity contribution < 1.29 is 9.53 Å². The fourth-order valence-electron chi connectivity index (χ4n) is 3.14. The standard InChI is InChI=1S/C18H31N3O2.HI/c1-18(2,3)23-16(22)15-10-11-21(13-15)17(19-4)20-12-14-8-6-5-7-9-14;/h5-6,14-15H,7-13H2,1-4H3,(H,19,20);1H. The van der Waals surface area contributed by atoms with Gasteiger partial charge in [0.25, 0.3) is 0 Å². The van der Waals surface area contributed by atoms with E-state index in [0.29, 0.717) is 12.5 Å². The van der Waals surface area contributed by atoms with Crippen molar-refractivity contribution in [1.29, 1.82) is 0 Å². The Labute approximate surface area is 163 Å². The normalized spacial score (nSPS) is 24.5. The summed E-state index contributed by atoms with van der Waals surface area (Å²) in [6.45, 7) is 8.24. The topological polar surface area (TPSA) is 53.9 Å². The lowest BCUT2D eigenvalue weighted by Gasteiger charge is -2.25. The van der Waals surface area contributed by atoms with Gasteiger partial charge in [-0.1, -0.05) is 12.2 Å². The Balaban J connectivity index is 0.00000288. The van der Waals surface area contributed by atoms with E-state index >= 15 is 0 Å². The number of rotatable bonds is 3. The number of allylic oxidation sites excluding steroid dienone is 2. The van der Waals surface area contributed by atoms with Crippen LogP contribution in [-0.4, -0.2) is 49.1 Å². The molecule has 1 heterocycles. The lowest BCUT2D eigenvalue weighted by molar-refractivity contribution is -0.159. The number of nitrogens with zero attached hydrogens (tertiary/aromatic N) is 2. The van der Waals surface area contributed by atoms with Crippen LogP contribution in [0.25, 0.3) is 0 Å². The summed E-state index contributed by atoms with van der Waals surface area (Å²) in [4.78, 5) is 18.8. The number of carbonyl (C=O) groups is 1. The molecule has 1 saturated heterocycles. The molecule has 1 N–H and O–H groups in total. The van der Waals surface area contributed by atoms with Gasteiger partial charge in [-0.3, -0.25) is 9.79 Å². The molecule has 0 aromatic carbocycles. The molecule has 5 nitrogen and oxygen atoms in total. The van der Waals surface area contributed by atoms with Gasteiger partial charge in [0.1, 0.15) is 5.60 Å². The summed E-state index contributed by atoms with van der Waals surface area (Å²) in [6.07, 6.45) is 8.92. The number of likely N-dealkylation sites (tertiary alicyclic amines) is 1. The Morgan fingerprint density at radius 2 is 2.08 bits per heavy atom. The number of ether oxygens (including phenoxy) is 1. The van der Waals surface area contributed by atoms with Gasteiger partial charge in [-0.05, 0) is 52.4 Å². The van der Waals surface area contributed by atoms with E-state index in [2.05, 4.69) is 27.4 Å². The first kappa shape index (κ1) is 21.3. The molecule has 0 aromatic heterocycles. The second-order valence-electron chi connectivity index (χ2n) is 7.54. The molecule has 2 atom stereocenters. The van der Waals surface area contributed by atoms with Crippen molar-refractivity contribution in [2.75, 3.05) is 26.7 Å². The minimum atomic E-state index is -0.418. The van der Waals surface area contributed by atoms with Gasteiger partial charge in [-0.25, -0.2) is 0 Å². The molecule has 0 radical (unpaired) electrons. The van der Waals surface area contributed by atoms with Crippen LogP contribution in [0, 0.1) is 11.8 Å². The Bertz CT molecular complexity index is 471. The summed E-state index contributed by atoms with van der Waals surface area (Å²) in [5.74, 6) is 1.45. The molecule has 2 aliphatic rings. The van der Waals surface area contributed by atoms with Crippen LogP contribution in [0.3, 0.4) is 0 Å². The number of carbonyl (C=O) groups excluding carboxylic acids is 1. The lowest BCUT2D eigenvalue weighted by Crippen LogP contribution is -2.42. The molecule has 2 unspecified atom stereocenters. The molecule has 24 heavy (non-hydrogen) atoms. The monoisotopic (exact) mass is 449 g/mol. The SMILES string of the molecule is CN=C(NCC1CC=CCC1)N1CCC(C(=O)OC(C)(C)C)C1.I. The van der Waals surface area contributed by atoms with E-state index in [1.54, 1.807) is 0 Å². The van der Waals surface area contributed by atoms with Crippen molar-refractivity contribution in [1.82, 2.24) is 10.2 Å². The maximum Gasteiger partial charge on any atom is 0.311 e. The Morgan fingerprint density at radius 1 is 1.33 bits per heavy atom. The predicted octanol–water partition coefficient (Wildman–Crippen LogP) is 3.20. The number of aliphatic imine (C=N–C) groups is 1. The first-order chi connectivity index (χ1) is 10.9. The van der Waals surface area contributed by atoms with Crippen molar-refractivity contribution in [3.8, 4) is 0 Å². The van der Waals surface area contributed by atoms with Crippen molar-refractivity contribution >= 4 is 35.9 Å². The van der Waals surface area contributed by atoms with E-state index < -0.39 is 5.60 Å². The Morgan fingerprint density at radius 3 is 2.67 bits per heavy atom. The number of halogens is 1. The van der Waals surface area contributed by atoms with Crippen molar-refractivity contribution in [3.05, 3.63) is 12.2 Å². The maximum absolute atomic E-state index is 12.2. The van der Waals surface area contributed by atoms with E-state index in [1.807, 2.05) is 27.8 Å². The first-order valence-electron chi connectivity index (χ1n) is 8.72. The number of hydrogen-bond donors (Lipinski definition) is 1. The molecular weight excluding hydrogens is 417 g/mol. The minimum absolute atomic E-state index is 0. The molecule has 0 aromatic rings. The smallest absolute Gasteiger partial charge is 0.311 e. The van der Waals surface area contributed by atoms with Gasteiger partial charge in [0, 0.05) is 26.7 Å². The molecule has 6 heteroatoms. The average Bonchev–Trinajstić information content (AvgIpc) is 2.97. The fraction of sp³-hybridized carbons (Fsp3) is 0.778. The summed E-state index contributed by atoms with van der Waals surface area (Å²) in [5.41, 5.74) is -0.418. The summed E-state index contributed by atoms with van der Waals surface area (Å²) in [5, 5.41) is 3.48. The molecule has 0 bridgehead atoms.